The molecule has 7 heteroatoms. The van der Waals surface area contributed by atoms with Crippen molar-refractivity contribution in [3.63, 3.8) is 0 Å². The van der Waals surface area contributed by atoms with Gasteiger partial charge < -0.3 is 4.52 Å². The van der Waals surface area contributed by atoms with Crippen LogP contribution in [0.25, 0.3) is 0 Å². The summed E-state index contributed by atoms with van der Waals surface area (Å²) in [4.78, 5) is 4.34. The lowest BCUT2D eigenvalue weighted by molar-refractivity contribution is 0.351. The van der Waals surface area contributed by atoms with Gasteiger partial charge >= 0.3 is 0 Å². The first-order valence-corrected chi connectivity index (χ1v) is 8.88. The van der Waals surface area contributed by atoms with Crippen molar-refractivity contribution in [1.82, 2.24) is 14.9 Å². The van der Waals surface area contributed by atoms with Crippen molar-refractivity contribution < 1.29 is 12.9 Å². The Morgan fingerprint density at radius 2 is 1.95 bits per heavy atom. The molecule has 1 aromatic heterocycles. The molecule has 0 bridgehead atoms. The van der Waals surface area contributed by atoms with Gasteiger partial charge in [0.2, 0.25) is 15.9 Å². The molecular weight excluding hydrogens is 302 g/mol. The minimum Gasteiger partial charge on any atom is -0.338 e. The van der Waals surface area contributed by atoms with Crippen LogP contribution in [-0.2, 0) is 22.9 Å². The van der Waals surface area contributed by atoms with Crippen LogP contribution >= 0.6 is 0 Å². The summed E-state index contributed by atoms with van der Waals surface area (Å²) in [7, 11) is -3.61. The van der Waals surface area contributed by atoms with Crippen molar-refractivity contribution in [2.24, 2.45) is 0 Å². The van der Waals surface area contributed by atoms with Crippen LogP contribution in [0.5, 0.6) is 0 Å². The maximum atomic E-state index is 12.5. The Kier molecular flexibility index (Phi) is 4.01. The average Bonchev–Trinajstić information content (AvgIpc) is 2.93. The van der Waals surface area contributed by atoms with E-state index in [1.54, 1.807) is 26.0 Å². The summed E-state index contributed by atoms with van der Waals surface area (Å²) >= 11 is 0. The molecule has 0 aliphatic heterocycles. The molecule has 0 spiro atoms. The Bertz CT molecular complexity index is 783. The summed E-state index contributed by atoms with van der Waals surface area (Å²) in [5, 5.41) is 3.68. The Balaban J connectivity index is 1.83. The first-order valence-electron chi connectivity index (χ1n) is 7.40. The van der Waals surface area contributed by atoms with Gasteiger partial charge in [0.15, 0.2) is 5.82 Å². The van der Waals surface area contributed by atoms with E-state index in [9.17, 15) is 8.42 Å². The molecule has 1 aromatic carbocycles. The third-order valence-electron chi connectivity index (χ3n) is 3.88. The molecule has 3 rings (SSSR count). The normalized spacial score (nSPS) is 16.3. The van der Waals surface area contributed by atoms with Gasteiger partial charge in [0.1, 0.15) is 0 Å². The molecule has 6 nitrogen and oxygen atoms in total. The monoisotopic (exact) mass is 321 g/mol. The number of nitrogens with one attached hydrogen (secondary N) is 1. The summed E-state index contributed by atoms with van der Waals surface area (Å²) in [5.74, 6) is 0.744. The van der Waals surface area contributed by atoms with Crippen molar-refractivity contribution in [3.8, 4) is 0 Å². The highest BCUT2D eigenvalue weighted by Gasteiger charge is 2.23. The molecule has 1 unspecified atom stereocenters. The highest BCUT2D eigenvalue weighted by molar-refractivity contribution is 7.89. The molecule has 0 fully saturated rings. The molecule has 22 heavy (non-hydrogen) atoms. The Hall–Kier alpha value is -1.73. The van der Waals surface area contributed by atoms with E-state index < -0.39 is 16.1 Å². The molecule has 118 valence electrons. The van der Waals surface area contributed by atoms with Crippen LogP contribution in [0.2, 0.25) is 0 Å². The number of hydrogen-bond acceptors (Lipinski definition) is 5. The van der Waals surface area contributed by atoms with Crippen LogP contribution in [0.1, 0.15) is 48.6 Å². The van der Waals surface area contributed by atoms with Crippen molar-refractivity contribution in [2.75, 3.05) is 0 Å². The Morgan fingerprint density at radius 1 is 1.23 bits per heavy atom. The van der Waals surface area contributed by atoms with Gasteiger partial charge in [-0.25, -0.2) is 8.42 Å². The molecule has 1 aliphatic carbocycles. The number of aromatic nitrogens is 2. The molecule has 1 heterocycles. The lowest BCUT2D eigenvalue weighted by Crippen LogP contribution is -2.27. The van der Waals surface area contributed by atoms with Gasteiger partial charge in [-0.2, -0.15) is 9.71 Å². The fourth-order valence-electron chi connectivity index (χ4n) is 2.72. The summed E-state index contributed by atoms with van der Waals surface area (Å²) in [5.41, 5.74) is 2.39. The van der Waals surface area contributed by atoms with Crippen molar-refractivity contribution in [1.29, 1.82) is 0 Å². The van der Waals surface area contributed by atoms with Crippen LogP contribution in [-0.4, -0.2) is 18.6 Å². The third-order valence-corrected chi connectivity index (χ3v) is 5.41. The van der Waals surface area contributed by atoms with Gasteiger partial charge in [0.05, 0.1) is 10.9 Å². The smallest absolute Gasteiger partial charge is 0.244 e. The quantitative estimate of drug-likeness (QED) is 0.934. The second kappa shape index (κ2) is 5.81. The average molecular weight is 321 g/mol. The zero-order valence-corrected chi connectivity index (χ0v) is 13.5. The molecule has 0 saturated heterocycles. The maximum Gasteiger partial charge on any atom is 0.244 e. The van der Waals surface area contributed by atoms with Gasteiger partial charge in [-0.3, -0.25) is 0 Å². The van der Waals surface area contributed by atoms with Gasteiger partial charge in [-0.1, -0.05) is 11.2 Å². The fourth-order valence-corrected chi connectivity index (χ4v) is 3.96. The zero-order valence-electron chi connectivity index (χ0n) is 12.7. The Labute approximate surface area is 130 Å². The standard InChI is InChI=1S/C15H19N3O3S/c1-10(15-16-11(2)17-21-15)18-22(19,20)14-8-7-12-5-3-4-6-13(12)9-14/h7-10,18H,3-6H2,1-2H3. The summed E-state index contributed by atoms with van der Waals surface area (Å²) < 4.78 is 32.6. The van der Waals surface area contributed by atoms with Crippen LogP contribution in [0, 0.1) is 6.92 Å². The topological polar surface area (TPSA) is 85.1 Å². The molecule has 1 aliphatic rings. The van der Waals surface area contributed by atoms with Crippen LogP contribution < -0.4 is 4.72 Å². The third kappa shape index (κ3) is 3.05. The minimum absolute atomic E-state index is 0.263. The number of benzene rings is 1. The fraction of sp³-hybridized carbons (Fsp3) is 0.467. The van der Waals surface area contributed by atoms with E-state index in [1.165, 1.54) is 12.0 Å². The van der Waals surface area contributed by atoms with E-state index in [0.717, 1.165) is 24.8 Å². The predicted octanol–water partition coefficient (Wildman–Crippen LogP) is 2.30. The summed E-state index contributed by atoms with van der Waals surface area (Å²) in [6.07, 6.45) is 4.25. The number of hydrogen-bond donors (Lipinski definition) is 1. The molecular formula is C15H19N3O3S. The molecule has 1 atom stereocenters. The van der Waals surface area contributed by atoms with Gasteiger partial charge in [-0.15, -0.1) is 0 Å². The van der Waals surface area contributed by atoms with Crippen molar-refractivity contribution in [2.45, 2.75) is 50.5 Å². The van der Waals surface area contributed by atoms with Gasteiger partial charge in [0.25, 0.3) is 0 Å². The highest BCUT2D eigenvalue weighted by Crippen LogP contribution is 2.24. The lowest BCUT2D eigenvalue weighted by Gasteiger charge is -2.17. The summed E-state index contributed by atoms with van der Waals surface area (Å²) in [6.45, 7) is 3.38. The van der Waals surface area contributed by atoms with Crippen molar-refractivity contribution >= 4 is 10.0 Å². The van der Waals surface area contributed by atoms with E-state index in [0.29, 0.717) is 5.82 Å². The predicted molar refractivity (Wildman–Crippen MR) is 80.9 cm³/mol. The van der Waals surface area contributed by atoms with Crippen LogP contribution in [0.4, 0.5) is 0 Å². The number of fused-ring (bicyclic) bond motifs is 1. The van der Waals surface area contributed by atoms with Gasteiger partial charge in [-0.05, 0) is 62.8 Å². The second-order valence-corrected chi connectivity index (χ2v) is 7.37. The van der Waals surface area contributed by atoms with E-state index in [1.807, 2.05) is 6.07 Å². The van der Waals surface area contributed by atoms with E-state index >= 15 is 0 Å². The first kappa shape index (κ1) is 15.2. The molecule has 2 aromatic rings. The number of rotatable bonds is 4. The SMILES string of the molecule is Cc1noc(C(C)NS(=O)(=O)c2ccc3c(c2)CCCC3)n1. The number of aryl methyl sites for hydroxylation is 3. The second-order valence-electron chi connectivity index (χ2n) is 5.66. The zero-order chi connectivity index (χ0) is 15.7. The van der Waals surface area contributed by atoms with Crippen molar-refractivity contribution in [3.05, 3.63) is 41.0 Å². The maximum absolute atomic E-state index is 12.5. The molecule has 0 saturated carbocycles. The molecule has 1 N–H and O–H groups in total. The molecule has 0 radical (unpaired) electrons. The van der Waals surface area contributed by atoms with Crippen LogP contribution in [0.15, 0.2) is 27.6 Å². The largest absolute Gasteiger partial charge is 0.338 e. The first-order chi connectivity index (χ1) is 10.5. The van der Waals surface area contributed by atoms with E-state index in [-0.39, 0.29) is 10.8 Å². The number of sulfonamides is 1. The van der Waals surface area contributed by atoms with Crippen LogP contribution in [0.3, 0.4) is 0 Å². The highest BCUT2D eigenvalue weighted by atomic mass is 32.2. The number of nitrogens with zero attached hydrogens (tertiary/aromatic N) is 2. The minimum atomic E-state index is -3.61. The van der Waals surface area contributed by atoms with E-state index in [4.69, 9.17) is 4.52 Å². The lowest BCUT2D eigenvalue weighted by atomic mass is 9.92. The Morgan fingerprint density at radius 3 is 2.64 bits per heavy atom. The molecule has 0 amide bonds. The van der Waals surface area contributed by atoms with Gasteiger partial charge in [0, 0.05) is 0 Å². The van der Waals surface area contributed by atoms with E-state index in [2.05, 4.69) is 14.9 Å². The summed E-state index contributed by atoms with van der Waals surface area (Å²) in [6, 6.07) is 4.80.